The Kier molecular flexibility index (Phi) is 5.08. The fourth-order valence-corrected chi connectivity index (χ4v) is 3.24. The Balaban J connectivity index is 1.66. The van der Waals surface area contributed by atoms with Crippen LogP contribution in [0.4, 0.5) is 5.82 Å². The number of anilines is 1. The molecule has 7 nitrogen and oxygen atoms in total. The van der Waals surface area contributed by atoms with Crippen LogP contribution < -0.4 is 5.32 Å². The van der Waals surface area contributed by atoms with Crippen LogP contribution in [0.15, 0.2) is 24.8 Å². The van der Waals surface area contributed by atoms with Gasteiger partial charge in [0.25, 0.3) is 5.91 Å². The highest BCUT2D eigenvalue weighted by Gasteiger charge is 2.26. The molecule has 1 N–H and O–H groups in total. The first kappa shape index (κ1) is 16.4. The average Bonchev–Trinajstić information content (AvgIpc) is 3.11. The summed E-state index contributed by atoms with van der Waals surface area (Å²) >= 11 is 0. The molecule has 0 aromatic carbocycles. The van der Waals surface area contributed by atoms with Crippen molar-refractivity contribution in [3.8, 4) is 0 Å². The standard InChI is InChI=1S/C17H24N6O/c1-3-23-12-14(10-21-23)17(24)22-8-4-5-13(11-22)9-15-16(18-2)20-7-6-19-15/h6-7,10,12-13H,3-5,8-9,11H2,1-2H3,(H,18,20)/t13-/m1/s1. The molecule has 2 aromatic heterocycles. The molecule has 0 aliphatic carbocycles. The summed E-state index contributed by atoms with van der Waals surface area (Å²) < 4.78 is 1.79. The molecule has 1 aliphatic rings. The van der Waals surface area contributed by atoms with E-state index in [9.17, 15) is 4.79 Å². The van der Waals surface area contributed by atoms with Gasteiger partial charge in [-0.3, -0.25) is 14.5 Å². The van der Waals surface area contributed by atoms with E-state index >= 15 is 0 Å². The van der Waals surface area contributed by atoms with E-state index in [1.807, 2.05) is 25.1 Å². The van der Waals surface area contributed by atoms with Crippen LogP contribution in [-0.4, -0.2) is 50.7 Å². The third-order valence-electron chi connectivity index (χ3n) is 4.50. The second-order valence-corrected chi connectivity index (χ2v) is 6.15. The van der Waals surface area contributed by atoms with Crippen LogP contribution in [0.2, 0.25) is 0 Å². The van der Waals surface area contributed by atoms with E-state index in [-0.39, 0.29) is 5.91 Å². The van der Waals surface area contributed by atoms with E-state index in [1.54, 1.807) is 23.3 Å². The number of nitrogens with zero attached hydrogens (tertiary/aromatic N) is 5. The quantitative estimate of drug-likeness (QED) is 0.906. The molecule has 0 bridgehead atoms. The number of nitrogens with one attached hydrogen (secondary N) is 1. The van der Waals surface area contributed by atoms with Crippen LogP contribution in [0.1, 0.15) is 35.8 Å². The maximum Gasteiger partial charge on any atom is 0.257 e. The van der Waals surface area contributed by atoms with Gasteiger partial charge in [0.1, 0.15) is 5.82 Å². The fraction of sp³-hybridized carbons (Fsp3) is 0.529. The van der Waals surface area contributed by atoms with Crippen molar-refractivity contribution in [3.63, 3.8) is 0 Å². The molecule has 1 amide bonds. The molecule has 128 valence electrons. The van der Waals surface area contributed by atoms with Gasteiger partial charge < -0.3 is 10.2 Å². The zero-order valence-corrected chi connectivity index (χ0v) is 14.3. The molecule has 3 rings (SSSR count). The second-order valence-electron chi connectivity index (χ2n) is 6.15. The summed E-state index contributed by atoms with van der Waals surface area (Å²) in [5.41, 5.74) is 1.64. The lowest BCUT2D eigenvalue weighted by Crippen LogP contribution is -2.40. The van der Waals surface area contributed by atoms with E-state index in [2.05, 4.69) is 20.4 Å². The van der Waals surface area contributed by atoms with Crippen molar-refractivity contribution in [2.45, 2.75) is 32.7 Å². The smallest absolute Gasteiger partial charge is 0.257 e. The summed E-state index contributed by atoms with van der Waals surface area (Å²) in [6, 6.07) is 0. The number of piperidine rings is 1. The van der Waals surface area contributed by atoms with Gasteiger partial charge in [-0.15, -0.1) is 0 Å². The number of hydrogen-bond acceptors (Lipinski definition) is 5. The first-order chi connectivity index (χ1) is 11.7. The Hall–Kier alpha value is -2.44. The summed E-state index contributed by atoms with van der Waals surface area (Å²) in [5, 5.41) is 7.29. The first-order valence-electron chi connectivity index (χ1n) is 8.50. The van der Waals surface area contributed by atoms with E-state index in [1.165, 1.54) is 0 Å². The van der Waals surface area contributed by atoms with Gasteiger partial charge in [-0.25, -0.2) is 4.98 Å². The lowest BCUT2D eigenvalue weighted by atomic mass is 9.93. The Morgan fingerprint density at radius 2 is 2.21 bits per heavy atom. The van der Waals surface area contributed by atoms with Crippen LogP contribution in [0.5, 0.6) is 0 Å². The largest absolute Gasteiger partial charge is 0.372 e. The summed E-state index contributed by atoms with van der Waals surface area (Å²) in [6.07, 6.45) is 9.87. The number of carbonyl (C=O) groups is 1. The molecule has 0 saturated carbocycles. The van der Waals surface area contributed by atoms with Gasteiger partial charge in [-0.1, -0.05) is 0 Å². The minimum atomic E-state index is 0.0763. The van der Waals surface area contributed by atoms with Gasteiger partial charge in [0.15, 0.2) is 0 Å². The van der Waals surface area contributed by atoms with E-state index in [4.69, 9.17) is 0 Å². The molecule has 1 saturated heterocycles. The molecule has 24 heavy (non-hydrogen) atoms. The number of aryl methyl sites for hydroxylation is 1. The molecule has 7 heteroatoms. The lowest BCUT2D eigenvalue weighted by molar-refractivity contribution is 0.0673. The van der Waals surface area contributed by atoms with Crippen LogP contribution in [0, 0.1) is 5.92 Å². The van der Waals surface area contributed by atoms with Crippen LogP contribution in [0.25, 0.3) is 0 Å². The lowest BCUT2D eigenvalue weighted by Gasteiger charge is -2.32. The molecule has 1 aliphatic heterocycles. The highest BCUT2D eigenvalue weighted by molar-refractivity contribution is 5.93. The molecule has 1 atom stereocenters. The Labute approximate surface area is 142 Å². The Morgan fingerprint density at radius 1 is 1.38 bits per heavy atom. The summed E-state index contributed by atoms with van der Waals surface area (Å²) in [7, 11) is 1.86. The van der Waals surface area contributed by atoms with Crippen molar-refractivity contribution in [1.29, 1.82) is 0 Å². The number of aromatic nitrogens is 4. The Morgan fingerprint density at radius 3 is 2.96 bits per heavy atom. The minimum absolute atomic E-state index is 0.0763. The van der Waals surface area contributed by atoms with Gasteiger partial charge in [-0.2, -0.15) is 5.10 Å². The van der Waals surface area contributed by atoms with Crippen molar-refractivity contribution in [2.24, 2.45) is 5.92 Å². The van der Waals surface area contributed by atoms with Crippen molar-refractivity contribution >= 4 is 11.7 Å². The van der Waals surface area contributed by atoms with Crippen molar-refractivity contribution < 1.29 is 4.79 Å². The van der Waals surface area contributed by atoms with Crippen LogP contribution in [-0.2, 0) is 13.0 Å². The minimum Gasteiger partial charge on any atom is -0.372 e. The van der Waals surface area contributed by atoms with Gasteiger partial charge in [0.2, 0.25) is 0 Å². The third kappa shape index (κ3) is 3.55. The van der Waals surface area contributed by atoms with Gasteiger partial charge in [0.05, 0.1) is 17.5 Å². The van der Waals surface area contributed by atoms with Gasteiger partial charge in [0, 0.05) is 45.3 Å². The number of carbonyl (C=O) groups excluding carboxylic acids is 1. The number of likely N-dealkylation sites (tertiary alicyclic amines) is 1. The summed E-state index contributed by atoms with van der Waals surface area (Å²) in [6.45, 7) is 4.36. The van der Waals surface area contributed by atoms with Crippen molar-refractivity contribution in [1.82, 2.24) is 24.6 Å². The van der Waals surface area contributed by atoms with E-state index in [0.717, 1.165) is 50.4 Å². The average molecular weight is 328 g/mol. The molecule has 0 unspecified atom stereocenters. The highest BCUT2D eigenvalue weighted by Crippen LogP contribution is 2.23. The number of amides is 1. The van der Waals surface area contributed by atoms with E-state index in [0.29, 0.717) is 11.5 Å². The third-order valence-corrected chi connectivity index (χ3v) is 4.50. The molecule has 0 spiro atoms. The molecule has 2 aromatic rings. The SMILES string of the molecule is CCn1cc(C(=O)N2CCC[C@H](Cc3nccnc3NC)C2)cn1. The molecule has 0 radical (unpaired) electrons. The van der Waals surface area contributed by atoms with Gasteiger partial charge >= 0.3 is 0 Å². The zero-order chi connectivity index (χ0) is 16.9. The van der Waals surface area contributed by atoms with Gasteiger partial charge in [-0.05, 0) is 32.1 Å². The molecule has 1 fully saturated rings. The fourth-order valence-electron chi connectivity index (χ4n) is 3.24. The molecular weight excluding hydrogens is 304 g/mol. The summed E-state index contributed by atoms with van der Waals surface area (Å²) in [5.74, 6) is 1.31. The predicted octanol–water partition coefficient (Wildman–Crippen LogP) is 1.83. The molecule has 3 heterocycles. The maximum atomic E-state index is 12.7. The number of rotatable bonds is 5. The van der Waals surface area contributed by atoms with Crippen molar-refractivity contribution in [3.05, 3.63) is 36.0 Å². The number of hydrogen-bond donors (Lipinski definition) is 1. The first-order valence-corrected chi connectivity index (χ1v) is 8.50. The van der Waals surface area contributed by atoms with Crippen LogP contribution >= 0.6 is 0 Å². The van der Waals surface area contributed by atoms with Crippen LogP contribution in [0.3, 0.4) is 0 Å². The van der Waals surface area contributed by atoms with E-state index < -0.39 is 0 Å². The zero-order valence-electron chi connectivity index (χ0n) is 14.3. The predicted molar refractivity (Wildman–Crippen MR) is 91.8 cm³/mol. The summed E-state index contributed by atoms with van der Waals surface area (Å²) in [4.78, 5) is 23.4. The molecular formula is C17H24N6O. The van der Waals surface area contributed by atoms with Crippen molar-refractivity contribution in [2.75, 3.05) is 25.5 Å². The highest BCUT2D eigenvalue weighted by atomic mass is 16.2. The topological polar surface area (TPSA) is 75.9 Å². The second kappa shape index (κ2) is 7.42. The monoisotopic (exact) mass is 328 g/mol. The normalized spacial score (nSPS) is 17.8. The maximum absolute atomic E-state index is 12.7. The Bertz CT molecular complexity index is 698.